The van der Waals surface area contributed by atoms with Gasteiger partial charge < -0.3 is 10.2 Å². The molecule has 0 bridgehead atoms. The Morgan fingerprint density at radius 2 is 1.81 bits per heavy atom. The molecule has 1 aromatic rings. The highest BCUT2D eigenvalue weighted by Crippen LogP contribution is 2.46. The van der Waals surface area contributed by atoms with Crippen molar-refractivity contribution in [3.8, 4) is 0 Å². The van der Waals surface area contributed by atoms with E-state index >= 15 is 0 Å². The monoisotopic (exact) mass is 288 g/mol. The maximum Gasteiger partial charge on any atom is 0.147 e. The minimum absolute atomic E-state index is 0.483. The van der Waals surface area contributed by atoms with Gasteiger partial charge in [0.1, 0.15) is 5.82 Å². The number of rotatable bonds is 4. The molecule has 0 atom stereocenters. The molecule has 21 heavy (non-hydrogen) atoms. The number of aromatic nitrogens is 2. The maximum atomic E-state index is 4.62. The molecule has 3 rings (SSSR count). The van der Waals surface area contributed by atoms with Crippen LogP contribution in [0.1, 0.15) is 58.1 Å². The highest BCUT2D eigenvalue weighted by Gasteiger charge is 2.37. The van der Waals surface area contributed by atoms with Gasteiger partial charge in [0.05, 0.1) is 18.1 Å². The number of hydrogen-bond acceptors (Lipinski definition) is 4. The molecule has 0 aromatic carbocycles. The first-order valence-electron chi connectivity index (χ1n) is 8.46. The van der Waals surface area contributed by atoms with Crippen molar-refractivity contribution in [1.29, 1.82) is 0 Å². The van der Waals surface area contributed by atoms with E-state index in [9.17, 15) is 0 Å². The summed E-state index contributed by atoms with van der Waals surface area (Å²) < 4.78 is 0. The van der Waals surface area contributed by atoms with Crippen LogP contribution in [0.3, 0.4) is 0 Å². The van der Waals surface area contributed by atoms with Gasteiger partial charge in [0, 0.05) is 25.7 Å². The van der Waals surface area contributed by atoms with Crippen LogP contribution in [-0.4, -0.2) is 29.1 Å². The highest BCUT2D eigenvalue weighted by atomic mass is 15.2. The van der Waals surface area contributed by atoms with E-state index in [0.717, 1.165) is 31.1 Å². The zero-order chi connectivity index (χ0) is 14.7. The largest absolute Gasteiger partial charge is 0.355 e. The summed E-state index contributed by atoms with van der Waals surface area (Å²) in [6.45, 7) is 7.40. The summed E-state index contributed by atoms with van der Waals surface area (Å²) in [5.74, 6) is 1.05. The molecule has 1 N–H and O–H groups in total. The fourth-order valence-corrected chi connectivity index (χ4v) is 3.75. The van der Waals surface area contributed by atoms with Crippen molar-refractivity contribution in [1.82, 2.24) is 15.3 Å². The van der Waals surface area contributed by atoms with Crippen molar-refractivity contribution in [2.45, 2.75) is 65.0 Å². The van der Waals surface area contributed by atoms with Gasteiger partial charge in [-0.3, -0.25) is 4.98 Å². The van der Waals surface area contributed by atoms with E-state index < -0.39 is 0 Å². The lowest BCUT2D eigenvalue weighted by atomic mass is 9.77. The van der Waals surface area contributed by atoms with E-state index in [1.54, 1.807) is 0 Å². The van der Waals surface area contributed by atoms with E-state index in [1.165, 1.54) is 38.5 Å². The van der Waals surface area contributed by atoms with Gasteiger partial charge in [-0.25, -0.2) is 4.98 Å². The molecule has 4 nitrogen and oxygen atoms in total. The molecule has 1 saturated carbocycles. The number of anilines is 1. The smallest absolute Gasteiger partial charge is 0.147 e. The number of piperidine rings is 1. The minimum Gasteiger partial charge on any atom is -0.355 e. The quantitative estimate of drug-likeness (QED) is 0.924. The summed E-state index contributed by atoms with van der Waals surface area (Å²) in [5.41, 5.74) is 1.70. The molecule has 1 aliphatic heterocycles. The molecule has 2 aliphatic rings. The Kier molecular flexibility index (Phi) is 4.43. The zero-order valence-electron chi connectivity index (χ0n) is 13.4. The van der Waals surface area contributed by atoms with Gasteiger partial charge in [-0.15, -0.1) is 0 Å². The van der Waals surface area contributed by atoms with Crippen LogP contribution in [-0.2, 0) is 6.54 Å². The maximum absolute atomic E-state index is 4.62. The number of hydrogen-bond donors (Lipinski definition) is 1. The van der Waals surface area contributed by atoms with Crippen molar-refractivity contribution in [2.24, 2.45) is 5.41 Å². The topological polar surface area (TPSA) is 41.1 Å². The molecule has 0 amide bonds. The van der Waals surface area contributed by atoms with Gasteiger partial charge in [0.2, 0.25) is 0 Å². The molecule has 2 heterocycles. The average Bonchev–Trinajstić information content (AvgIpc) is 2.95. The normalized spacial score (nSPS) is 21.4. The van der Waals surface area contributed by atoms with Crippen molar-refractivity contribution in [2.75, 3.05) is 18.0 Å². The van der Waals surface area contributed by atoms with E-state index in [-0.39, 0.29) is 0 Å². The standard InChI is InChI=1S/C17H28N4/c1-14(2)18-11-15-12-20-16(13-19-15)21-9-7-17(8-10-21)5-3-4-6-17/h12-14,18H,3-11H2,1-2H3. The number of nitrogens with one attached hydrogen (secondary N) is 1. The first-order chi connectivity index (χ1) is 10.2. The Morgan fingerprint density at radius 3 is 2.38 bits per heavy atom. The molecular formula is C17H28N4. The summed E-state index contributed by atoms with van der Waals surface area (Å²) >= 11 is 0. The molecule has 116 valence electrons. The summed E-state index contributed by atoms with van der Waals surface area (Å²) in [4.78, 5) is 11.6. The van der Waals surface area contributed by atoms with Gasteiger partial charge >= 0.3 is 0 Å². The van der Waals surface area contributed by atoms with Crippen LogP contribution in [0.25, 0.3) is 0 Å². The van der Waals surface area contributed by atoms with Gasteiger partial charge in [0.25, 0.3) is 0 Å². The fourth-order valence-electron chi connectivity index (χ4n) is 3.75. The summed E-state index contributed by atoms with van der Waals surface area (Å²) in [5, 5.41) is 3.38. The van der Waals surface area contributed by atoms with Gasteiger partial charge in [-0.1, -0.05) is 26.7 Å². The Hall–Kier alpha value is -1.16. The van der Waals surface area contributed by atoms with Gasteiger partial charge in [-0.2, -0.15) is 0 Å². The van der Waals surface area contributed by atoms with E-state index in [1.807, 2.05) is 12.4 Å². The minimum atomic E-state index is 0.483. The third kappa shape index (κ3) is 3.54. The van der Waals surface area contributed by atoms with Gasteiger partial charge in [-0.05, 0) is 31.1 Å². The SMILES string of the molecule is CC(C)NCc1cnc(N2CCC3(CCCC3)CC2)cn1. The van der Waals surface area contributed by atoms with E-state index in [0.29, 0.717) is 11.5 Å². The first kappa shape index (κ1) is 14.8. The van der Waals surface area contributed by atoms with Crippen molar-refractivity contribution >= 4 is 5.82 Å². The summed E-state index contributed by atoms with van der Waals surface area (Å²) in [7, 11) is 0. The second kappa shape index (κ2) is 6.30. The van der Waals surface area contributed by atoms with Crippen molar-refractivity contribution < 1.29 is 0 Å². The lowest BCUT2D eigenvalue weighted by molar-refractivity contribution is 0.226. The second-order valence-corrected chi connectivity index (χ2v) is 7.10. The van der Waals surface area contributed by atoms with Crippen LogP contribution in [0, 0.1) is 5.41 Å². The predicted molar refractivity (Wildman–Crippen MR) is 86.4 cm³/mol. The lowest BCUT2D eigenvalue weighted by Crippen LogP contribution is -2.39. The molecule has 2 fully saturated rings. The predicted octanol–water partition coefficient (Wildman–Crippen LogP) is 3.14. The van der Waals surface area contributed by atoms with E-state index in [2.05, 4.69) is 34.0 Å². The Balaban J connectivity index is 1.55. The molecule has 1 aromatic heterocycles. The Bertz CT molecular complexity index is 438. The summed E-state index contributed by atoms with van der Waals surface area (Å²) in [6, 6.07) is 0.483. The average molecular weight is 288 g/mol. The first-order valence-corrected chi connectivity index (χ1v) is 8.46. The van der Waals surface area contributed by atoms with Crippen molar-refractivity contribution in [3.05, 3.63) is 18.1 Å². The molecule has 0 unspecified atom stereocenters. The third-order valence-electron chi connectivity index (χ3n) is 5.20. The molecule has 0 radical (unpaired) electrons. The molecular weight excluding hydrogens is 260 g/mol. The van der Waals surface area contributed by atoms with Crippen LogP contribution in [0.5, 0.6) is 0 Å². The highest BCUT2D eigenvalue weighted by molar-refractivity contribution is 5.36. The van der Waals surface area contributed by atoms with Crippen LogP contribution in [0.4, 0.5) is 5.82 Å². The molecule has 4 heteroatoms. The van der Waals surface area contributed by atoms with Crippen molar-refractivity contribution in [3.63, 3.8) is 0 Å². The van der Waals surface area contributed by atoms with Crippen LogP contribution in [0.15, 0.2) is 12.4 Å². The van der Waals surface area contributed by atoms with Crippen LogP contribution < -0.4 is 10.2 Å². The summed E-state index contributed by atoms with van der Waals surface area (Å²) in [6.07, 6.45) is 12.3. The number of nitrogens with zero attached hydrogens (tertiary/aromatic N) is 3. The third-order valence-corrected chi connectivity index (χ3v) is 5.20. The lowest BCUT2D eigenvalue weighted by Gasteiger charge is -2.39. The fraction of sp³-hybridized carbons (Fsp3) is 0.765. The Morgan fingerprint density at radius 1 is 1.10 bits per heavy atom. The second-order valence-electron chi connectivity index (χ2n) is 7.10. The Labute approximate surface area is 128 Å². The van der Waals surface area contributed by atoms with E-state index in [4.69, 9.17) is 0 Å². The van der Waals surface area contributed by atoms with Crippen LogP contribution in [0.2, 0.25) is 0 Å². The molecule has 1 saturated heterocycles. The van der Waals surface area contributed by atoms with Gasteiger partial charge in [0.15, 0.2) is 0 Å². The zero-order valence-corrected chi connectivity index (χ0v) is 13.4. The molecule has 1 spiro atoms. The van der Waals surface area contributed by atoms with Crippen LogP contribution >= 0.6 is 0 Å². The molecule has 1 aliphatic carbocycles.